The first kappa shape index (κ1) is 72.9. The van der Waals surface area contributed by atoms with Crippen molar-refractivity contribution < 1.29 is 82.1 Å². The van der Waals surface area contributed by atoms with Crippen LogP contribution in [0, 0.1) is 0 Å². The van der Waals surface area contributed by atoms with E-state index in [0.29, 0.717) is 12.8 Å². The van der Waals surface area contributed by atoms with Crippen LogP contribution < -0.4 is 87.6 Å². The van der Waals surface area contributed by atoms with Gasteiger partial charge in [-0.05, 0) is 38.5 Å². The molecule has 86 heavy (non-hydrogen) atoms. The largest absolute Gasteiger partial charge is 0.481 e. The van der Waals surface area contributed by atoms with Gasteiger partial charge in [-0.15, -0.1) is 0 Å². The first-order valence-electron chi connectivity index (χ1n) is 27.0. The number of aliphatic hydroxyl groups excluding tert-OH is 1. The summed E-state index contributed by atoms with van der Waals surface area (Å²) in [5.74, 6) is -18.8. The topological polar surface area (TPSA) is 589 Å². The Labute approximate surface area is 508 Å². The number of hydrogen-bond acceptors (Lipinski definition) is 22. The van der Waals surface area contributed by atoms with E-state index in [1.54, 1.807) is 6.92 Å². The molecule has 3 aliphatic heterocycles. The molecule has 3 fully saturated rings. The van der Waals surface area contributed by atoms with Crippen LogP contribution in [0.15, 0.2) is 4.99 Å². The molecule has 0 aromatic rings. The van der Waals surface area contributed by atoms with Crippen molar-refractivity contribution in [3.05, 3.63) is 0 Å². The Morgan fingerprint density at radius 2 is 1.08 bits per heavy atom. The highest BCUT2D eigenvalue weighted by molar-refractivity contribution is 8.77. The second-order valence-corrected chi connectivity index (χ2v) is 24.8. The first-order valence-corrected chi connectivity index (χ1v) is 31.9. The summed E-state index contributed by atoms with van der Waals surface area (Å²) in [4.78, 5) is 210. The maximum absolute atomic E-state index is 14.6. The number of aliphatic hydroxyl groups is 1. The van der Waals surface area contributed by atoms with Crippen molar-refractivity contribution in [1.29, 1.82) is 0 Å². The molecule has 24 N–H and O–H groups in total. The van der Waals surface area contributed by atoms with Gasteiger partial charge in [-0.3, -0.25) is 76.9 Å². The average Bonchev–Trinajstić information content (AvgIpc) is 2.57. The normalized spacial score (nSPS) is 26.9. The number of fused-ring (bicyclic) bond motifs is 9. The van der Waals surface area contributed by atoms with Gasteiger partial charge in [-0.25, -0.2) is 0 Å². The van der Waals surface area contributed by atoms with Gasteiger partial charge in [0.15, 0.2) is 5.96 Å². The quantitative estimate of drug-likeness (QED) is 0.0262. The lowest BCUT2D eigenvalue weighted by molar-refractivity contribution is -0.146. The lowest BCUT2D eigenvalue weighted by atomic mass is 10.0. The number of carbonyl (C=O) groups is 15. The van der Waals surface area contributed by atoms with Crippen LogP contribution in [0.2, 0.25) is 0 Å². The number of aliphatic carboxylic acids is 1. The number of hydrogen-bond donors (Lipinski definition) is 18. The van der Waals surface area contributed by atoms with Gasteiger partial charge in [0.05, 0.1) is 26.0 Å². The number of nitrogens with two attached hydrogens (primary N) is 6. The van der Waals surface area contributed by atoms with Gasteiger partial charge in [-0.1, -0.05) is 62.9 Å². The highest BCUT2D eigenvalue weighted by Crippen LogP contribution is 2.26. The standard InChI is InChI=1S/C47H76N18O17S4/c1-2-3-6-21-37(73)62-27(36(51)72)17-83-85-20-30-44(80)61-26(16-66)41(77)60-25(14-35(70)71)46(82)65-12-5-8-31(65)45(81)58-22(7-4-11-54-47(52)53)38(74)63-29(19-86-84-18-28(42(78)64-30)55-34(69)15-48)43(79)59-24(13-33(50)68)40(76)57-23(39(75)56-21)9-10-32(49)67/h21-31,66H,2-20,48H2,1H3,(H2,49,67)(H2,50,68)(H2,51,72)(H,55,69)(H,56,75)(H,57,76)(H,58,81)(H,59,79)(H,60,77)(H,61,80)(H,62,73)(H,63,74)(H,64,78)(H,70,71)(H4,52,53,54)/t21-,22-,23-,24-,25-,26-,27-,28-,29-,30-,31-/m0/s1. The van der Waals surface area contributed by atoms with E-state index in [1.807, 2.05) is 0 Å². The number of nitrogens with one attached hydrogen (secondary N) is 10. The van der Waals surface area contributed by atoms with Crippen molar-refractivity contribution in [3.8, 4) is 0 Å². The minimum Gasteiger partial charge on any atom is -0.481 e. The van der Waals surface area contributed by atoms with Gasteiger partial charge >= 0.3 is 5.97 Å². The Morgan fingerprint density at radius 3 is 1.64 bits per heavy atom. The van der Waals surface area contributed by atoms with Crippen molar-refractivity contribution in [2.24, 2.45) is 39.4 Å². The highest BCUT2D eigenvalue weighted by atomic mass is 33.1. The van der Waals surface area contributed by atoms with Gasteiger partial charge in [-0.2, -0.15) is 0 Å². The molecule has 0 unspecified atom stereocenters. The highest BCUT2D eigenvalue weighted by Gasteiger charge is 2.42. The number of carboxylic acids is 1. The fourth-order valence-electron chi connectivity index (χ4n) is 8.40. The molecule has 39 heteroatoms. The smallest absolute Gasteiger partial charge is 0.305 e. The van der Waals surface area contributed by atoms with Gasteiger partial charge < -0.3 is 103 Å². The molecule has 0 radical (unpaired) electrons. The monoisotopic (exact) mass is 1290 g/mol. The first-order chi connectivity index (χ1) is 40.7. The number of amides is 14. The minimum atomic E-state index is -1.95. The van der Waals surface area contributed by atoms with E-state index in [1.165, 1.54) is 0 Å². The zero-order chi connectivity index (χ0) is 64.2. The van der Waals surface area contributed by atoms with E-state index in [4.69, 9.17) is 34.4 Å². The van der Waals surface area contributed by atoms with Crippen molar-refractivity contribution in [1.82, 2.24) is 58.1 Å². The van der Waals surface area contributed by atoms with Crippen LogP contribution in [-0.4, -0.2) is 225 Å². The summed E-state index contributed by atoms with van der Waals surface area (Å²) in [5.41, 5.74) is 33.2. The van der Waals surface area contributed by atoms with Crippen LogP contribution >= 0.6 is 43.2 Å². The Balaban J connectivity index is 2.37. The van der Waals surface area contributed by atoms with Gasteiger partial charge in [0.2, 0.25) is 82.7 Å². The number of aliphatic imine (C=N–C) groups is 1. The molecule has 480 valence electrons. The molecule has 3 saturated heterocycles. The fraction of sp³-hybridized carbons (Fsp3) is 0.660. The van der Waals surface area contributed by atoms with Crippen LogP contribution in [0.25, 0.3) is 0 Å². The second-order valence-electron chi connectivity index (χ2n) is 19.7. The number of primary amides is 3. The molecule has 0 spiro atoms. The summed E-state index contributed by atoms with van der Waals surface area (Å²) in [6.07, 6.45) is -2.52. The van der Waals surface area contributed by atoms with Crippen molar-refractivity contribution in [2.75, 3.05) is 49.3 Å². The number of nitrogens with zero attached hydrogens (tertiary/aromatic N) is 2. The molecule has 0 aromatic carbocycles. The lowest BCUT2D eigenvalue weighted by Crippen LogP contribution is -2.61. The van der Waals surface area contributed by atoms with Gasteiger partial charge in [0, 0.05) is 42.5 Å². The molecule has 35 nitrogen and oxygen atoms in total. The Morgan fingerprint density at radius 1 is 0.581 bits per heavy atom. The molecule has 11 atom stereocenters. The summed E-state index contributed by atoms with van der Waals surface area (Å²) in [6.45, 7) is -0.339. The van der Waals surface area contributed by atoms with Crippen molar-refractivity contribution in [3.63, 3.8) is 0 Å². The molecule has 14 amide bonds. The molecular weight excluding hydrogens is 1220 g/mol. The predicted octanol–water partition coefficient (Wildman–Crippen LogP) is -9.09. The summed E-state index contributed by atoms with van der Waals surface area (Å²) < 4.78 is 0. The summed E-state index contributed by atoms with van der Waals surface area (Å²) in [5, 5.41) is 44.3. The number of rotatable bonds is 18. The van der Waals surface area contributed by atoms with Crippen LogP contribution in [0.1, 0.15) is 77.6 Å². The summed E-state index contributed by atoms with van der Waals surface area (Å²) in [7, 11) is 3.24. The molecular formula is C47H76N18O17S4. The number of carboxylic acid groups (broad SMARTS) is 1. The van der Waals surface area contributed by atoms with E-state index in [0.717, 1.165) is 48.1 Å². The molecule has 3 aliphatic rings. The number of carbonyl (C=O) groups excluding carboxylic acids is 14. The maximum atomic E-state index is 14.6. The van der Waals surface area contributed by atoms with Crippen LogP contribution in [0.4, 0.5) is 0 Å². The van der Waals surface area contributed by atoms with E-state index in [-0.39, 0.29) is 56.9 Å². The SMILES string of the molecule is CCCC[C@@H]1NC(=O)[C@H](CCC(N)=O)NC(=O)[C@H](CC(N)=O)NC(=O)[C@@H]2CSSC[C@H](NC(=O)CN)C(=O)N[C@@H](CSSC[C@@H](C(N)=O)NC1=O)C(=O)N[C@@H](CO)C(=O)N[C@@H](CC(=O)O)C(=O)N1CCC[C@H]1C(=O)N[C@@H](CCCN=C(N)N)C(=O)N2. The third-order valence-corrected chi connectivity index (χ3v) is 17.8. The van der Waals surface area contributed by atoms with Gasteiger partial charge in [0.1, 0.15) is 66.5 Å². The second kappa shape index (κ2) is 37.3. The fourth-order valence-corrected chi connectivity index (χ4v) is 13.1. The number of guanidine groups is 1. The third kappa shape index (κ3) is 24.9. The maximum Gasteiger partial charge on any atom is 0.305 e. The third-order valence-electron chi connectivity index (χ3n) is 12.9. The summed E-state index contributed by atoms with van der Waals surface area (Å²) in [6, 6.07) is -18.6. The molecule has 0 saturated carbocycles. The summed E-state index contributed by atoms with van der Waals surface area (Å²) >= 11 is 0. The predicted molar refractivity (Wildman–Crippen MR) is 313 cm³/mol. The van der Waals surface area contributed by atoms with E-state index < -0.39 is 211 Å². The Kier molecular flexibility index (Phi) is 31.6. The Bertz CT molecular complexity index is 2540. The van der Waals surface area contributed by atoms with Crippen LogP contribution in [0.3, 0.4) is 0 Å². The van der Waals surface area contributed by atoms with E-state index in [9.17, 15) is 82.1 Å². The zero-order valence-electron chi connectivity index (χ0n) is 46.8. The van der Waals surface area contributed by atoms with Gasteiger partial charge in [0.25, 0.3) is 0 Å². The lowest BCUT2D eigenvalue weighted by Gasteiger charge is -2.30. The number of unbranched alkanes of at least 4 members (excludes halogenated alkanes) is 1. The van der Waals surface area contributed by atoms with Crippen molar-refractivity contribution >= 4 is 138 Å². The molecule has 0 aliphatic carbocycles. The van der Waals surface area contributed by atoms with Crippen molar-refractivity contribution in [2.45, 2.75) is 144 Å². The minimum absolute atomic E-state index is 0.0139. The zero-order valence-corrected chi connectivity index (χ0v) is 50.1. The average molecular weight is 1290 g/mol. The molecule has 3 heterocycles. The molecule has 0 aromatic heterocycles. The Hall–Kier alpha value is -7.36. The van der Waals surface area contributed by atoms with E-state index in [2.05, 4.69) is 58.2 Å². The van der Waals surface area contributed by atoms with Crippen LogP contribution in [-0.2, 0) is 71.9 Å². The van der Waals surface area contributed by atoms with Crippen LogP contribution in [0.5, 0.6) is 0 Å². The molecule has 3 rings (SSSR count). The molecule has 2 bridgehead atoms. The van der Waals surface area contributed by atoms with E-state index >= 15 is 0 Å².